The van der Waals surface area contributed by atoms with Crippen molar-refractivity contribution in [2.75, 3.05) is 0 Å². The molecule has 0 bridgehead atoms. The monoisotopic (exact) mass is 279 g/mol. The van der Waals surface area contributed by atoms with E-state index >= 15 is 0 Å². The molecule has 0 aromatic heterocycles. The van der Waals surface area contributed by atoms with E-state index in [9.17, 15) is 0 Å². The molecule has 0 aromatic carbocycles. The molecule has 2 saturated carbocycles. The quantitative estimate of drug-likeness (QED) is 0.659. The highest BCUT2D eigenvalue weighted by Crippen LogP contribution is 2.38. The van der Waals surface area contributed by atoms with Crippen molar-refractivity contribution in [2.24, 2.45) is 11.8 Å². The third kappa shape index (κ3) is 3.78. The first-order valence-electron chi connectivity index (χ1n) is 9.51. The van der Waals surface area contributed by atoms with Gasteiger partial charge in [0.15, 0.2) is 0 Å². The first-order valence-corrected chi connectivity index (χ1v) is 9.51. The molecule has 2 rings (SSSR count). The topological polar surface area (TPSA) is 12.0 Å². The molecule has 0 unspecified atom stereocenters. The Balaban J connectivity index is 1.94. The highest BCUT2D eigenvalue weighted by Gasteiger charge is 2.38. The first kappa shape index (κ1) is 16.3. The van der Waals surface area contributed by atoms with Crippen LogP contribution in [0.5, 0.6) is 0 Å². The summed E-state index contributed by atoms with van der Waals surface area (Å²) in [6, 6.07) is 0.805. The minimum atomic E-state index is 0.449. The molecule has 1 nitrogen and oxygen atoms in total. The Morgan fingerprint density at radius 1 is 0.800 bits per heavy atom. The van der Waals surface area contributed by atoms with Gasteiger partial charge in [0.25, 0.3) is 0 Å². The van der Waals surface area contributed by atoms with E-state index in [2.05, 4.69) is 26.1 Å². The predicted octanol–water partition coefficient (Wildman–Crippen LogP) is 5.68. The Labute approximate surface area is 127 Å². The molecule has 2 aliphatic rings. The van der Waals surface area contributed by atoms with Crippen LogP contribution >= 0.6 is 0 Å². The van der Waals surface area contributed by atoms with Crippen molar-refractivity contribution < 1.29 is 0 Å². The predicted molar refractivity (Wildman–Crippen MR) is 89.1 cm³/mol. The number of rotatable bonds is 6. The van der Waals surface area contributed by atoms with Gasteiger partial charge in [-0.1, -0.05) is 46.5 Å². The average Bonchev–Trinajstić information content (AvgIpc) is 2.54. The Morgan fingerprint density at radius 2 is 1.40 bits per heavy atom. The Morgan fingerprint density at radius 3 is 1.90 bits per heavy atom. The minimum absolute atomic E-state index is 0.449. The van der Waals surface area contributed by atoms with Gasteiger partial charge >= 0.3 is 0 Å². The van der Waals surface area contributed by atoms with E-state index in [-0.39, 0.29) is 0 Å². The van der Waals surface area contributed by atoms with Gasteiger partial charge in [-0.2, -0.15) is 0 Å². The highest BCUT2D eigenvalue weighted by molar-refractivity contribution is 4.96. The molecule has 1 heteroatoms. The van der Waals surface area contributed by atoms with Crippen molar-refractivity contribution in [3.63, 3.8) is 0 Å². The lowest BCUT2D eigenvalue weighted by Crippen LogP contribution is -2.55. The van der Waals surface area contributed by atoms with Gasteiger partial charge in [-0.15, -0.1) is 0 Å². The van der Waals surface area contributed by atoms with Crippen LogP contribution in [0.1, 0.15) is 97.8 Å². The van der Waals surface area contributed by atoms with Crippen LogP contribution in [-0.2, 0) is 0 Å². The molecule has 0 saturated heterocycles. The van der Waals surface area contributed by atoms with Gasteiger partial charge < -0.3 is 5.32 Å². The molecule has 2 aliphatic carbocycles. The normalized spacial score (nSPS) is 29.6. The van der Waals surface area contributed by atoms with Crippen molar-refractivity contribution in [1.82, 2.24) is 5.32 Å². The van der Waals surface area contributed by atoms with Crippen LogP contribution in [-0.4, -0.2) is 11.6 Å². The second-order valence-electron chi connectivity index (χ2n) is 7.47. The van der Waals surface area contributed by atoms with Crippen molar-refractivity contribution in [1.29, 1.82) is 0 Å². The maximum Gasteiger partial charge on any atom is 0.0207 e. The molecule has 0 heterocycles. The zero-order valence-corrected chi connectivity index (χ0v) is 14.2. The fourth-order valence-corrected chi connectivity index (χ4v) is 4.93. The zero-order valence-electron chi connectivity index (χ0n) is 14.2. The lowest BCUT2D eigenvalue weighted by molar-refractivity contribution is 0.115. The summed E-state index contributed by atoms with van der Waals surface area (Å²) in [5.74, 6) is 1.95. The molecule has 0 spiro atoms. The van der Waals surface area contributed by atoms with Crippen LogP contribution in [0.4, 0.5) is 0 Å². The SMILES string of the molecule is CCC1CCC(NC(CC)(CC)C2CCCCC2)CC1. The summed E-state index contributed by atoms with van der Waals surface area (Å²) in [5, 5.41) is 4.18. The van der Waals surface area contributed by atoms with E-state index in [1.807, 2.05) is 0 Å². The maximum atomic E-state index is 4.18. The average molecular weight is 280 g/mol. The summed E-state index contributed by atoms with van der Waals surface area (Å²) >= 11 is 0. The van der Waals surface area contributed by atoms with Crippen LogP contribution < -0.4 is 5.32 Å². The van der Waals surface area contributed by atoms with Crippen molar-refractivity contribution in [3.05, 3.63) is 0 Å². The summed E-state index contributed by atoms with van der Waals surface area (Å²) in [7, 11) is 0. The van der Waals surface area contributed by atoms with Gasteiger partial charge in [0.1, 0.15) is 0 Å². The summed E-state index contributed by atoms with van der Waals surface area (Å²) in [5.41, 5.74) is 0.449. The zero-order chi connectivity index (χ0) is 14.4. The molecular formula is C19H37N. The van der Waals surface area contributed by atoms with Gasteiger partial charge in [-0.05, 0) is 63.2 Å². The Bertz CT molecular complexity index is 255. The maximum absolute atomic E-state index is 4.18. The second kappa shape index (κ2) is 7.82. The van der Waals surface area contributed by atoms with Gasteiger partial charge in [0, 0.05) is 11.6 Å². The summed E-state index contributed by atoms with van der Waals surface area (Å²) in [4.78, 5) is 0. The van der Waals surface area contributed by atoms with E-state index in [1.165, 1.54) is 77.0 Å². The van der Waals surface area contributed by atoms with E-state index < -0.39 is 0 Å². The van der Waals surface area contributed by atoms with E-state index in [0.717, 1.165) is 17.9 Å². The largest absolute Gasteiger partial charge is 0.308 e. The van der Waals surface area contributed by atoms with Crippen LogP contribution in [0.25, 0.3) is 0 Å². The molecule has 1 N–H and O–H groups in total. The van der Waals surface area contributed by atoms with E-state index in [0.29, 0.717) is 5.54 Å². The first-order chi connectivity index (χ1) is 9.74. The fourth-order valence-electron chi connectivity index (χ4n) is 4.93. The number of hydrogen-bond donors (Lipinski definition) is 1. The molecule has 0 aliphatic heterocycles. The summed E-state index contributed by atoms with van der Waals surface area (Å²) in [6.45, 7) is 7.20. The number of nitrogens with one attached hydrogen (secondary N) is 1. The van der Waals surface area contributed by atoms with Crippen molar-refractivity contribution >= 4 is 0 Å². The van der Waals surface area contributed by atoms with Crippen LogP contribution in [0.2, 0.25) is 0 Å². The standard InChI is InChI=1S/C19H37N/c1-4-16-12-14-18(15-13-16)20-19(5-2,6-3)17-10-8-7-9-11-17/h16-18,20H,4-15H2,1-3H3. The molecule has 118 valence electrons. The van der Waals surface area contributed by atoms with E-state index in [1.54, 1.807) is 0 Å². The van der Waals surface area contributed by atoms with Gasteiger partial charge in [0.2, 0.25) is 0 Å². The van der Waals surface area contributed by atoms with Crippen LogP contribution in [0.15, 0.2) is 0 Å². The lowest BCUT2D eigenvalue weighted by atomic mass is 9.70. The Kier molecular flexibility index (Phi) is 6.39. The smallest absolute Gasteiger partial charge is 0.0207 e. The summed E-state index contributed by atoms with van der Waals surface area (Å²) in [6.07, 6.45) is 17.2. The van der Waals surface area contributed by atoms with Gasteiger partial charge in [-0.25, -0.2) is 0 Å². The third-order valence-corrected chi connectivity index (χ3v) is 6.56. The molecule has 0 amide bonds. The van der Waals surface area contributed by atoms with E-state index in [4.69, 9.17) is 0 Å². The lowest BCUT2D eigenvalue weighted by Gasteiger charge is -2.46. The van der Waals surface area contributed by atoms with Crippen molar-refractivity contribution in [2.45, 2.75) is 109 Å². The molecular weight excluding hydrogens is 242 g/mol. The molecule has 0 radical (unpaired) electrons. The molecule has 2 fully saturated rings. The molecule has 20 heavy (non-hydrogen) atoms. The molecule has 0 atom stereocenters. The Hall–Kier alpha value is -0.0400. The third-order valence-electron chi connectivity index (χ3n) is 6.56. The highest BCUT2D eigenvalue weighted by atomic mass is 15.0. The molecule has 0 aromatic rings. The summed E-state index contributed by atoms with van der Waals surface area (Å²) < 4.78 is 0. The van der Waals surface area contributed by atoms with Gasteiger partial charge in [-0.3, -0.25) is 0 Å². The number of hydrogen-bond acceptors (Lipinski definition) is 1. The fraction of sp³-hybridized carbons (Fsp3) is 1.00. The van der Waals surface area contributed by atoms with Crippen molar-refractivity contribution in [3.8, 4) is 0 Å². The van der Waals surface area contributed by atoms with Crippen LogP contribution in [0.3, 0.4) is 0 Å². The second-order valence-corrected chi connectivity index (χ2v) is 7.47. The van der Waals surface area contributed by atoms with Gasteiger partial charge in [0.05, 0.1) is 0 Å². The van der Waals surface area contributed by atoms with Crippen LogP contribution in [0, 0.1) is 11.8 Å². The minimum Gasteiger partial charge on any atom is -0.308 e.